The normalized spacial score (nSPS) is 17.5. The van der Waals surface area contributed by atoms with Gasteiger partial charge in [0.15, 0.2) is 5.69 Å². The Morgan fingerprint density at radius 2 is 1.67 bits per heavy atom. The molecule has 1 aliphatic rings. The fourth-order valence-electron chi connectivity index (χ4n) is 4.28. The molecule has 1 fully saturated rings. The van der Waals surface area contributed by atoms with Gasteiger partial charge in [0.2, 0.25) is 0 Å². The number of amides is 3. The van der Waals surface area contributed by atoms with Crippen molar-refractivity contribution in [1.29, 1.82) is 0 Å². The summed E-state index contributed by atoms with van der Waals surface area (Å²) in [6.07, 6.45) is -3.74. The lowest BCUT2D eigenvalue weighted by Crippen LogP contribution is -2.55. The SMILES string of the molecule is CCOC1CN(C(=O)NCCNC(=O)c2cn(-c3ccccc3)nc2C(F)(F)F)CCC1Oc1ccccc1. The number of urea groups is 1. The maximum absolute atomic E-state index is 13.5. The van der Waals surface area contributed by atoms with Gasteiger partial charge in [0.05, 0.1) is 17.8 Å². The minimum atomic E-state index is -4.81. The molecule has 2 unspecified atom stereocenters. The van der Waals surface area contributed by atoms with Gasteiger partial charge in [-0.3, -0.25) is 4.79 Å². The number of carbonyl (C=O) groups is 2. The predicted molar refractivity (Wildman–Crippen MR) is 137 cm³/mol. The highest BCUT2D eigenvalue weighted by atomic mass is 19.4. The van der Waals surface area contributed by atoms with Gasteiger partial charge in [-0.2, -0.15) is 18.3 Å². The molecule has 1 saturated heterocycles. The molecule has 208 valence electrons. The van der Waals surface area contributed by atoms with Gasteiger partial charge in [0.25, 0.3) is 5.91 Å². The summed E-state index contributed by atoms with van der Waals surface area (Å²) in [6.45, 7) is 3.04. The molecule has 1 aliphatic heterocycles. The molecule has 2 atom stereocenters. The lowest BCUT2D eigenvalue weighted by atomic mass is 10.0. The molecule has 12 heteroatoms. The Morgan fingerprint density at radius 3 is 2.33 bits per heavy atom. The number of benzene rings is 2. The first-order valence-corrected chi connectivity index (χ1v) is 12.6. The molecule has 2 heterocycles. The number of hydrogen-bond donors (Lipinski definition) is 2. The van der Waals surface area contributed by atoms with E-state index in [1.54, 1.807) is 35.2 Å². The number of piperidine rings is 1. The number of rotatable bonds is 9. The molecule has 2 N–H and O–H groups in total. The van der Waals surface area contributed by atoms with Crippen LogP contribution >= 0.6 is 0 Å². The smallest absolute Gasteiger partial charge is 0.435 e. The Balaban J connectivity index is 1.29. The van der Waals surface area contributed by atoms with E-state index in [-0.39, 0.29) is 31.3 Å². The number of nitrogens with one attached hydrogen (secondary N) is 2. The number of ether oxygens (including phenoxy) is 2. The second-order valence-corrected chi connectivity index (χ2v) is 8.85. The molecule has 4 rings (SSSR count). The summed E-state index contributed by atoms with van der Waals surface area (Å²) >= 11 is 0. The average Bonchev–Trinajstić information content (AvgIpc) is 3.40. The Bertz CT molecular complexity index is 1240. The van der Waals surface area contributed by atoms with Crippen molar-refractivity contribution in [2.75, 3.05) is 32.8 Å². The molecule has 0 saturated carbocycles. The van der Waals surface area contributed by atoms with Crippen LogP contribution in [-0.2, 0) is 10.9 Å². The van der Waals surface area contributed by atoms with Gasteiger partial charge < -0.3 is 25.0 Å². The molecule has 0 spiro atoms. The highest BCUT2D eigenvalue weighted by Gasteiger charge is 2.39. The minimum absolute atomic E-state index is 0.0263. The number of para-hydroxylation sites is 2. The number of hydrogen-bond acceptors (Lipinski definition) is 5. The first kappa shape index (κ1) is 28.0. The van der Waals surface area contributed by atoms with Gasteiger partial charge in [0, 0.05) is 38.9 Å². The number of carbonyl (C=O) groups excluding carboxylic acids is 2. The van der Waals surface area contributed by atoms with E-state index in [9.17, 15) is 22.8 Å². The van der Waals surface area contributed by atoms with Crippen LogP contribution in [-0.4, -0.2) is 71.6 Å². The lowest BCUT2D eigenvalue weighted by molar-refractivity contribution is -0.141. The molecular formula is C27H30F3N5O4. The van der Waals surface area contributed by atoms with Crippen LogP contribution in [0.4, 0.5) is 18.0 Å². The van der Waals surface area contributed by atoms with E-state index in [1.165, 1.54) is 0 Å². The summed E-state index contributed by atoms with van der Waals surface area (Å²) in [5, 5.41) is 8.70. The standard InChI is InChI=1S/C27H30F3N5O4/c1-2-38-23-18-34(16-13-22(23)39-20-11-7-4-8-12-20)26(37)32-15-14-31-25(36)21-17-35(19-9-5-3-6-10-19)33-24(21)27(28,29)30/h3-12,17,22-23H,2,13-16,18H2,1H3,(H,31,36)(H,32,37). The van der Waals surface area contributed by atoms with Gasteiger partial charge in [0.1, 0.15) is 18.0 Å². The number of halogens is 3. The van der Waals surface area contributed by atoms with Crippen LogP contribution in [0.3, 0.4) is 0 Å². The molecule has 2 aromatic carbocycles. The number of aromatic nitrogens is 2. The van der Waals surface area contributed by atoms with Gasteiger partial charge in [-0.05, 0) is 31.2 Å². The molecule has 0 bridgehead atoms. The van der Waals surface area contributed by atoms with Gasteiger partial charge in [-0.25, -0.2) is 9.48 Å². The van der Waals surface area contributed by atoms with Crippen molar-refractivity contribution in [3.8, 4) is 11.4 Å². The summed E-state index contributed by atoms with van der Waals surface area (Å²) in [5.41, 5.74) is -1.49. The van der Waals surface area contributed by atoms with Crippen LogP contribution in [0.2, 0.25) is 0 Å². The van der Waals surface area contributed by atoms with Crippen molar-refractivity contribution in [2.24, 2.45) is 0 Å². The van der Waals surface area contributed by atoms with Crippen molar-refractivity contribution >= 4 is 11.9 Å². The largest absolute Gasteiger partial charge is 0.488 e. The quantitative estimate of drug-likeness (QED) is 0.398. The Labute approximate surface area is 223 Å². The fourth-order valence-corrected chi connectivity index (χ4v) is 4.28. The molecule has 0 aliphatic carbocycles. The topological polar surface area (TPSA) is 97.7 Å². The Kier molecular flexibility index (Phi) is 9.07. The maximum Gasteiger partial charge on any atom is 0.435 e. The lowest BCUT2D eigenvalue weighted by Gasteiger charge is -2.38. The predicted octanol–water partition coefficient (Wildman–Crippen LogP) is 3.89. The fraction of sp³-hybridized carbons (Fsp3) is 0.370. The van der Waals surface area contributed by atoms with E-state index in [2.05, 4.69) is 15.7 Å². The molecule has 0 radical (unpaired) electrons. The summed E-state index contributed by atoms with van der Waals surface area (Å²) in [4.78, 5) is 26.9. The highest BCUT2D eigenvalue weighted by Crippen LogP contribution is 2.31. The van der Waals surface area contributed by atoms with E-state index >= 15 is 0 Å². The molecule has 3 amide bonds. The van der Waals surface area contributed by atoms with Crippen LogP contribution in [0.15, 0.2) is 66.9 Å². The second kappa shape index (κ2) is 12.7. The molecule has 1 aromatic heterocycles. The molecule has 9 nitrogen and oxygen atoms in total. The number of likely N-dealkylation sites (tertiary alicyclic amines) is 1. The van der Waals surface area contributed by atoms with E-state index in [1.807, 2.05) is 37.3 Å². The summed E-state index contributed by atoms with van der Waals surface area (Å²) < 4.78 is 53.5. The van der Waals surface area contributed by atoms with Crippen LogP contribution < -0.4 is 15.4 Å². The van der Waals surface area contributed by atoms with E-state index in [0.717, 1.165) is 16.6 Å². The van der Waals surface area contributed by atoms with Crippen molar-refractivity contribution in [1.82, 2.24) is 25.3 Å². The molecular weight excluding hydrogens is 515 g/mol. The van der Waals surface area contributed by atoms with E-state index in [4.69, 9.17) is 9.47 Å². The van der Waals surface area contributed by atoms with Crippen molar-refractivity contribution < 1.29 is 32.2 Å². The van der Waals surface area contributed by atoms with E-state index in [0.29, 0.717) is 31.8 Å². The van der Waals surface area contributed by atoms with Crippen LogP contribution in [0, 0.1) is 0 Å². The van der Waals surface area contributed by atoms with E-state index < -0.39 is 23.3 Å². The summed E-state index contributed by atoms with van der Waals surface area (Å²) in [7, 11) is 0. The zero-order valence-electron chi connectivity index (χ0n) is 21.4. The minimum Gasteiger partial charge on any atom is -0.488 e. The number of nitrogens with zero attached hydrogens (tertiary/aromatic N) is 3. The summed E-state index contributed by atoms with van der Waals surface area (Å²) in [6, 6.07) is 17.2. The first-order valence-electron chi connectivity index (χ1n) is 12.6. The third-order valence-electron chi connectivity index (χ3n) is 6.13. The maximum atomic E-state index is 13.5. The summed E-state index contributed by atoms with van der Waals surface area (Å²) in [5.74, 6) is -0.210. The second-order valence-electron chi connectivity index (χ2n) is 8.85. The average molecular weight is 546 g/mol. The monoisotopic (exact) mass is 545 g/mol. The van der Waals surface area contributed by atoms with Crippen LogP contribution in [0.25, 0.3) is 5.69 Å². The van der Waals surface area contributed by atoms with Gasteiger partial charge in [-0.15, -0.1) is 0 Å². The zero-order chi connectivity index (χ0) is 27.8. The Hall–Kier alpha value is -4.06. The molecule has 3 aromatic rings. The third-order valence-corrected chi connectivity index (χ3v) is 6.13. The van der Waals surface area contributed by atoms with Crippen LogP contribution in [0.1, 0.15) is 29.4 Å². The van der Waals surface area contributed by atoms with Crippen LogP contribution in [0.5, 0.6) is 5.75 Å². The third kappa shape index (κ3) is 7.29. The van der Waals surface area contributed by atoms with Crippen molar-refractivity contribution in [2.45, 2.75) is 31.7 Å². The first-order chi connectivity index (χ1) is 18.8. The van der Waals surface area contributed by atoms with Crippen molar-refractivity contribution in [3.63, 3.8) is 0 Å². The molecule has 39 heavy (non-hydrogen) atoms. The highest BCUT2D eigenvalue weighted by molar-refractivity contribution is 5.95. The van der Waals surface area contributed by atoms with Gasteiger partial charge >= 0.3 is 12.2 Å². The van der Waals surface area contributed by atoms with Gasteiger partial charge in [-0.1, -0.05) is 36.4 Å². The Morgan fingerprint density at radius 1 is 1.00 bits per heavy atom. The number of alkyl halides is 3. The van der Waals surface area contributed by atoms with Crippen molar-refractivity contribution in [3.05, 3.63) is 78.1 Å². The zero-order valence-corrected chi connectivity index (χ0v) is 21.4.